The summed E-state index contributed by atoms with van der Waals surface area (Å²) < 4.78 is 0. The number of hydrogen-bond donors (Lipinski definition) is 4. The van der Waals surface area contributed by atoms with Gasteiger partial charge in [-0.2, -0.15) is 0 Å². The van der Waals surface area contributed by atoms with Crippen molar-refractivity contribution in [2.45, 2.75) is 25.7 Å². The molecule has 2 rings (SSSR count). The van der Waals surface area contributed by atoms with Crippen LogP contribution in [0.1, 0.15) is 46.4 Å². The largest absolute Gasteiger partial charge is 1.00 e. The Hall–Kier alpha value is -2.91. The molecule has 154 valence electrons. The fourth-order valence-corrected chi connectivity index (χ4v) is 2.32. The van der Waals surface area contributed by atoms with Crippen molar-refractivity contribution in [2.75, 3.05) is 13.1 Å². The molecule has 6 N–H and O–H groups in total. The van der Waals surface area contributed by atoms with E-state index in [4.69, 9.17) is 0 Å². The Kier molecular flexibility index (Phi) is 11.9. The van der Waals surface area contributed by atoms with Gasteiger partial charge in [0.15, 0.2) is 0 Å². The third kappa shape index (κ3) is 8.65. The van der Waals surface area contributed by atoms with Crippen LogP contribution >= 0.6 is 0 Å². The molecule has 0 bridgehead atoms. The molecule has 0 aromatic carbocycles. The second-order valence-corrected chi connectivity index (χ2v) is 5.79. The van der Waals surface area contributed by atoms with Crippen LogP contribution in [0.4, 0.5) is 0 Å². The van der Waals surface area contributed by atoms with Crippen molar-refractivity contribution in [3.8, 4) is 11.5 Å². The smallest absolute Gasteiger partial charge is 0.252 e. The molecule has 0 saturated carbocycles. The summed E-state index contributed by atoms with van der Waals surface area (Å²) in [6.45, 7) is 1.08. The van der Waals surface area contributed by atoms with Gasteiger partial charge in [-0.1, -0.05) is 12.8 Å². The molecule has 0 unspecified atom stereocenters. The molecule has 10 heteroatoms. The fraction of sp³-hybridized carbons (Fsp3) is 0.333. The van der Waals surface area contributed by atoms with E-state index >= 15 is 0 Å². The summed E-state index contributed by atoms with van der Waals surface area (Å²) in [6, 6.07) is 2.74. The molecule has 0 aliphatic carbocycles. The Balaban J connectivity index is 0.00000364. The Morgan fingerprint density at radius 2 is 1.14 bits per heavy atom. The standard InChI is InChI=1S/C18H22N4O4.ClH.H2O/c23-15-7-13(9-19-11-15)17(25)21-5-3-1-2-4-6-22-18(26)14-8-16(24)12-20-10-14;;/h7-12,23-24H,1-6H2,(H,21,25)(H,22,26);1H;1H2/p-1. The van der Waals surface area contributed by atoms with Gasteiger partial charge in [-0.05, 0) is 25.0 Å². The van der Waals surface area contributed by atoms with Crippen LogP contribution in [-0.2, 0) is 0 Å². The van der Waals surface area contributed by atoms with Crippen LogP contribution in [0.5, 0.6) is 11.5 Å². The molecule has 28 heavy (non-hydrogen) atoms. The van der Waals surface area contributed by atoms with Gasteiger partial charge in [0.25, 0.3) is 11.8 Å². The van der Waals surface area contributed by atoms with E-state index in [1.165, 1.54) is 36.9 Å². The normalized spacial score (nSPS) is 9.57. The molecule has 0 atom stereocenters. The van der Waals surface area contributed by atoms with Crippen molar-refractivity contribution < 1.29 is 37.7 Å². The van der Waals surface area contributed by atoms with Gasteiger partial charge in [-0.25, -0.2) is 0 Å². The highest BCUT2D eigenvalue weighted by Crippen LogP contribution is 2.09. The number of nitrogens with zero attached hydrogens (tertiary/aromatic N) is 2. The molecule has 0 fully saturated rings. The lowest BCUT2D eigenvalue weighted by Crippen LogP contribution is -3.00. The topological polar surface area (TPSA) is 156 Å². The van der Waals surface area contributed by atoms with E-state index in [2.05, 4.69) is 20.6 Å². The number of hydrogen-bond acceptors (Lipinski definition) is 6. The van der Waals surface area contributed by atoms with Gasteiger partial charge in [-0.3, -0.25) is 19.6 Å². The Bertz CT molecular complexity index is 697. The number of pyridine rings is 2. The summed E-state index contributed by atoms with van der Waals surface area (Å²) in [5.74, 6) is -0.608. The third-order valence-electron chi connectivity index (χ3n) is 3.65. The van der Waals surface area contributed by atoms with E-state index in [0.717, 1.165) is 25.7 Å². The maximum Gasteiger partial charge on any atom is 0.252 e. The molecule has 9 nitrogen and oxygen atoms in total. The average Bonchev–Trinajstić information content (AvgIpc) is 2.63. The van der Waals surface area contributed by atoms with E-state index in [1.54, 1.807) is 0 Å². The zero-order valence-corrected chi connectivity index (χ0v) is 15.9. The number of amides is 2. The van der Waals surface area contributed by atoms with Gasteiger partial charge in [0.1, 0.15) is 11.5 Å². The lowest BCUT2D eigenvalue weighted by molar-refractivity contribution is -0.0000250. The van der Waals surface area contributed by atoms with Gasteiger partial charge in [-0.15, -0.1) is 0 Å². The van der Waals surface area contributed by atoms with Crippen LogP contribution < -0.4 is 23.0 Å². The number of carbonyl (C=O) groups is 2. The minimum atomic E-state index is -0.264. The number of aromatic nitrogens is 2. The van der Waals surface area contributed by atoms with Gasteiger partial charge >= 0.3 is 0 Å². The Morgan fingerprint density at radius 1 is 0.750 bits per heavy atom. The van der Waals surface area contributed by atoms with Crippen LogP contribution in [-0.4, -0.2) is 50.6 Å². The van der Waals surface area contributed by atoms with Crippen molar-refractivity contribution in [2.24, 2.45) is 0 Å². The molecular weight excluding hydrogens is 388 g/mol. The van der Waals surface area contributed by atoms with Crippen LogP contribution in [0, 0.1) is 0 Å². The predicted octanol–water partition coefficient (Wildman–Crippen LogP) is -2.21. The molecule has 0 aliphatic heterocycles. The summed E-state index contributed by atoms with van der Waals surface area (Å²) in [6.07, 6.45) is 8.83. The van der Waals surface area contributed by atoms with Gasteiger partial charge < -0.3 is 38.7 Å². The van der Waals surface area contributed by atoms with Crippen LogP contribution in [0.2, 0.25) is 0 Å². The van der Waals surface area contributed by atoms with Crippen molar-refractivity contribution in [3.05, 3.63) is 48.0 Å². The summed E-state index contributed by atoms with van der Waals surface area (Å²) in [5, 5.41) is 24.1. The second kappa shape index (κ2) is 13.3. The Labute approximate surface area is 168 Å². The Morgan fingerprint density at radius 3 is 1.50 bits per heavy atom. The monoisotopic (exact) mass is 411 g/mol. The molecule has 0 aliphatic rings. The molecular formula is C18H24ClN4O5-. The average molecular weight is 412 g/mol. The minimum Gasteiger partial charge on any atom is -1.00 e. The van der Waals surface area contributed by atoms with Crippen LogP contribution in [0.3, 0.4) is 0 Å². The second-order valence-electron chi connectivity index (χ2n) is 5.79. The van der Waals surface area contributed by atoms with Crippen LogP contribution in [0.15, 0.2) is 36.9 Å². The first-order chi connectivity index (χ1) is 12.6. The molecule has 2 amide bonds. The van der Waals surface area contributed by atoms with E-state index < -0.39 is 0 Å². The zero-order valence-electron chi connectivity index (χ0n) is 15.2. The van der Waals surface area contributed by atoms with E-state index in [9.17, 15) is 19.8 Å². The number of aromatic hydroxyl groups is 2. The highest BCUT2D eigenvalue weighted by molar-refractivity contribution is 5.94. The van der Waals surface area contributed by atoms with Crippen molar-refractivity contribution in [1.29, 1.82) is 0 Å². The number of unbranched alkanes of at least 4 members (excludes halogenated alkanes) is 3. The maximum atomic E-state index is 11.8. The first kappa shape index (κ1) is 25.1. The summed E-state index contributed by atoms with van der Waals surface area (Å²) in [4.78, 5) is 31.2. The fourth-order valence-electron chi connectivity index (χ4n) is 2.32. The minimum absolute atomic E-state index is 0. The van der Waals surface area contributed by atoms with Gasteiger partial charge in [0.2, 0.25) is 0 Å². The third-order valence-corrected chi connectivity index (χ3v) is 3.65. The highest BCUT2D eigenvalue weighted by atomic mass is 35.5. The SMILES string of the molecule is O.O=C(NCCCCCCNC(=O)c1cncc(O)c1)c1cncc(O)c1.[Cl-]. The first-order valence-electron chi connectivity index (χ1n) is 8.40. The van der Waals surface area contributed by atoms with Gasteiger partial charge in [0.05, 0.1) is 23.5 Å². The van der Waals surface area contributed by atoms with Crippen molar-refractivity contribution >= 4 is 11.8 Å². The molecule has 2 aromatic heterocycles. The molecule has 2 heterocycles. The quantitative estimate of drug-likeness (QED) is 0.343. The first-order valence-corrected chi connectivity index (χ1v) is 8.40. The van der Waals surface area contributed by atoms with E-state index in [1.807, 2.05) is 0 Å². The summed E-state index contributed by atoms with van der Waals surface area (Å²) in [7, 11) is 0. The molecule has 2 aromatic rings. The van der Waals surface area contributed by atoms with E-state index in [-0.39, 0.29) is 41.2 Å². The maximum absolute atomic E-state index is 11.8. The van der Waals surface area contributed by atoms with Crippen molar-refractivity contribution in [3.63, 3.8) is 0 Å². The highest BCUT2D eigenvalue weighted by Gasteiger charge is 2.07. The number of carbonyl (C=O) groups excluding carboxylic acids is 2. The predicted molar refractivity (Wildman–Crippen MR) is 98.6 cm³/mol. The summed E-state index contributed by atoms with van der Waals surface area (Å²) in [5.41, 5.74) is 0.656. The van der Waals surface area contributed by atoms with Crippen LogP contribution in [0.25, 0.3) is 0 Å². The molecule has 0 saturated heterocycles. The molecule has 0 radical (unpaired) electrons. The number of halogens is 1. The number of rotatable bonds is 9. The van der Waals surface area contributed by atoms with E-state index in [0.29, 0.717) is 24.2 Å². The van der Waals surface area contributed by atoms with Gasteiger partial charge in [0, 0.05) is 25.5 Å². The summed E-state index contributed by atoms with van der Waals surface area (Å²) >= 11 is 0. The lowest BCUT2D eigenvalue weighted by atomic mass is 10.2. The zero-order chi connectivity index (χ0) is 18.8. The lowest BCUT2D eigenvalue weighted by Gasteiger charge is -2.06. The van der Waals surface area contributed by atoms with Crippen molar-refractivity contribution in [1.82, 2.24) is 20.6 Å². The molecule has 0 spiro atoms. The number of nitrogens with one attached hydrogen (secondary N) is 2.